The van der Waals surface area contributed by atoms with Gasteiger partial charge < -0.3 is 10.6 Å². The van der Waals surface area contributed by atoms with Gasteiger partial charge in [0.2, 0.25) is 5.17 Å². The Morgan fingerprint density at radius 3 is 3.00 bits per heavy atom. The fourth-order valence-corrected chi connectivity index (χ4v) is 1.66. The first kappa shape index (κ1) is 8.48. The third-order valence-corrected chi connectivity index (χ3v) is 2.46. The number of hydrogen-bond acceptors (Lipinski definition) is 6. The quantitative estimate of drug-likeness (QED) is 0.349. The second kappa shape index (κ2) is 2.69. The molecule has 1 unspecified atom stereocenters. The van der Waals surface area contributed by atoms with Crippen LogP contribution in [0.2, 0.25) is 0 Å². The molecule has 2 rings (SSSR count). The van der Waals surface area contributed by atoms with Crippen molar-refractivity contribution in [2.45, 2.75) is 6.17 Å². The van der Waals surface area contributed by atoms with Crippen molar-refractivity contribution in [3.63, 3.8) is 0 Å². The molecule has 2 aliphatic rings. The Morgan fingerprint density at radius 1 is 1.62 bits per heavy atom. The molecule has 72 valence electrons. The average molecular weight is 203 g/mol. The summed E-state index contributed by atoms with van der Waals surface area (Å²) in [6.45, 7) is 0.553. The zero-order valence-corrected chi connectivity index (χ0v) is 7.43. The molecule has 2 aliphatic heterocycles. The fourth-order valence-electron chi connectivity index (χ4n) is 1.14. The predicted molar refractivity (Wildman–Crippen MR) is 46.7 cm³/mol. The van der Waals surface area contributed by atoms with Gasteiger partial charge >= 0.3 is 0 Å². The van der Waals surface area contributed by atoms with Crippen LogP contribution in [0.5, 0.6) is 0 Å². The SMILES string of the molecule is NS(=O)(=O)C1=NC2NCNC=C2N1. The van der Waals surface area contributed by atoms with Crippen LogP contribution in [0.25, 0.3) is 0 Å². The third-order valence-electron chi connectivity index (χ3n) is 1.72. The Hall–Kier alpha value is -1.12. The van der Waals surface area contributed by atoms with Gasteiger partial charge in [-0.05, 0) is 0 Å². The molecule has 0 aromatic rings. The summed E-state index contributed by atoms with van der Waals surface area (Å²) >= 11 is 0. The van der Waals surface area contributed by atoms with Gasteiger partial charge in [-0.25, -0.2) is 18.5 Å². The molecule has 8 heteroatoms. The van der Waals surface area contributed by atoms with Gasteiger partial charge in [0, 0.05) is 6.20 Å². The minimum Gasteiger partial charge on any atom is -0.377 e. The summed E-state index contributed by atoms with van der Waals surface area (Å²) in [5, 5.41) is 13.1. The zero-order valence-electron chi connectivity index (χ0n) is 6.61. The molecule has 5 N–H and O–H groups in total. The van der Waals surface area contributed by atoms with Crippen molar-refractivity contribution < 1.29 is 8.42 Å². The molecule has 0 aromatic carbocycles. The van der Waals surface area contributed by atoms with E-state index in [-0.39, 0.29) is 11.3 Å². The summed E-state index contributed by atoms with van der Waals surface area (Å²) in [4.78, 5) is 3.85. The Morgan fingerprint density at radius 2 is 2.38 bits per heavy atom. The monoisotopic (exact) mass is 203 g/mol. The average Bonchev–Trinajstić information content (AvgIpc) is 2.45. The molecule has 13 heavy (non-hydrogen) atoms. The lowest BCUT2D eigenvalue weighted by Crippen LogP contribution is -2.41. The smallest absolute Gasteiger partial charge is 0.271 e. The van der Waals surface area contributed by atoms with Gasteiger partial charge in [-0.1, -0.05) is 0 Å². The first-order chi connectivity index (χ1) is 6.07. The van der Waals surface area contributed by atoms with Gasteiger partial charge in [0.25, 0.3) is 10.0 Å². The highest BCUT2D eigenvalue weighted by atomic mass is 32.2. The van der Waals surface area contributed by atoms with Gasteiger partial charge in [0.15, 0.2) is 0 Å². The van der Waals surface area contributed by atoms with E-state index in [2.05, 4.69) is 20.9 Å². The molecule has 0 saturated heterocycles. The zero-order chi connectivity index (χ0) is 9.47. The maximum atomic E-state index is 10.9. The van der Waals surface area contributed by atoms with E-state index in [1.165, 1.54) is 0 Å². The van der Waals surface area contributed by atoms with Crippen LogP contribution in [-0.2, 0) is 10.0 Å². The molecule has 2 heterocycles. The Bertz CT molecular complexity index is 384. The van der Waals surface area contributed by atoms with Gasteiger partial charge in [0.1, 0.15) is 6.17 Å². The van der Waals surface area contributed by atoms with E-state index in [9.17, 15) is 8.42 Å². The van der Waals surface area contributed by atoms with Crippen molar-refractivity contribution in [1.29, 1.82) is 0 Å². The minimum absolute atomic E-state index is 0.194. The Balaban J connectivity index is 2.30. The van der Waals surface area contributed by atoms with Crippen molar-refractivity contribution in [3.05, 3.63) is 11.9 Å². The normalized spacial score (nSPS) is 26.7. The lowest BCUT2D eigenvalue weighted by Gasteiger charge is -2.17. The van der Waals surface area contributed by atoms with E-state index in [0.717, 1.165) is 0 Å². The van der Waals surface area contributed by atoms with E-state index in [1.54, 1.807) is 6.20 Å². The van der Waals surface area contributed by atoms with E-state index < -0.39 is 10.0 Å². The van der Waals surface area contributed by atoms with Crippen LogP contribution in [-0.4, -0.2) is 26.4 Å². The molecule has 0 aromatic heterocycles. The van der Waals surface area contributed by atoms with E-state index in [1.807, 2.05) is 0 Å². The van der Waals surface area contributed by atoms with Crippen LogP contribution in [0.4, 0.5) is 0 Å². The molecule has 0 bridgehead atoms. The molecular formula is C5H9N5O2S. The number of nitrogens with two attached hydrogens (primary N) is 1. The van der Waals surface area contributed by atoms with Gasteiger partial charge in [-0.2, -0.15) is 0 Å². The van der Waals surface area contributed by atoms with Crippen molar-refractivity contribution in [1.82, 2.24) is 16.0 Å². The summed E-state index contributed by atoms with van der Waals surface area (Å²) in [5.41, 5.74) is 0.662. The number of aliphatic imine (C=N–C) groups is 1. The van der Waals surface area contributed by atoms with Crippen LogP contribution < -0.4 is 21.1 Å². The van der Waals surface area contributed by atoms with Crippen molar-refractivity contribution in [2.75, 3.05) is 6.67 Å². The molecule has 0 saturated carbocycles. The van der Waals surface area contributed by atoms with Crippen LogP contribution in [0.15, 0.2) is 16.9 Å². The number of sulfonamides is 1. The molecule has 7 nitrogen and oxygen atoms in total. The highest BCUT2D eigenvalue weighted by Gasteiger charge is 2.29. The molecule has 0 amide bonds. The van der Waals surface area contributed by atoms with Gasteiger partial charge in [0.05, 0.1) is 12.4 Å². The molecular weight excluding hydrogens is 194 g/mol. The maximum Gasteiger partial charge on any atom is 0.271 e. The summed E-state index contributed by atoms with van der Waals surface area (Å²) in [6, 6.07) is 0. The maximum absolute atomic E-state index is 10.9. The number of rotatable bonds is 0. The molecule has 0 spiro atoms. The molecule has 0 radical (unpaired) electrons. The number of nitrogens with one attached hydrogen (secondary N) is 3. The Labute approximate surface area is 75.1 Å². The van der Waals surface area contributed by atoms with E-state index in [0.29, 0.717) is 12.4 Å². The number of fused-ring (bicyclic) bond motifs is 1. The molecule has 1 atom stereocenters. The number of hydrogen-bond donors (Lipinski definition) is 4. The van der Waals surface area contributed by atoms with Gasteiger partial charge in [-0.3, -0.25) is 5.32 Å². The molecule has 0 fully saturated rings. The summed E-state index contributed by atoms with van der Waals surface area (Å²) in [5.74, 6) is 0. The van der Waals surface area contributed by atoms with Crippen molar-refractivity contribution in [3.8, 4) is 0 Å². The highest BCUT2D eigenvalue weighted by molar-refractivity contribution is 8.04. The standard InChI is InChI=1S/C5H9N5O2S/c6-13(11,12)5-9-3-1-7-2-8-4(3)10-5/h1,4,7-8H,2H2,(H,9,10)(H2,6,11,12). The second-order valence-electron chi connectivity index (χ2n) is 2.69. The van der Waals surface area contributed by atoms with Crippen molar-refractivity contribution in [2.24, 2.45) is 10.1 Å². The van der Waals surface area contributed by atoms with Crippen LogP contribution in [0.1, 0.15) is 0 Å². The minimum atomic E-state index is -3.73. The van der Waals surface area contributed by atoms with Crippen LogP contribution in [0, 0.1) is 0 Å². The Kier molecular flexibility index (Phi) is 1.75. The first-order valence-electron chi connectivity index (χ1n) is 3.62. The fraction of sp³-hybridized carbons (Fsp3) is 0.400. The third kappa shape index (κ3) is 1.50. The summed E-state index contributed by atoms with van der Waals surface area (Å²) in [6.07, 6.45) is 1.35. The first-order valence-corrected chi connectivity index (χ1v) is 5.16. The topological polar surface area (TPSA) is 109 Å². The highest BCUT2D eigenvalue weighted by Crippen LogP contribution is 2.10. The van der Waals surface area contributed by atoms with Gasteiger partial charge in [-0.15, -0.1) is 0 Å². The lowest BCUT2D eigenvalue weighted by molar-refractivity contribution is 0.538. The largest absolute Gasteiger partial charge is 0.377 e. The van der Waals surface area contributed by atoms with Crippen LogP contribution in [0.3, 0.4) is 0 Å². The predicted octanol–water partition coefficient (Wildman–Crippen LogP) is -2.45. The number of nitrogens with zero attached hydrogens (tertiary/aromatic N) is 1. The number of primary sulfonamides is 1. The van der Waals surface area contributed by atoms with Crippen LogP contribution >= 0.6 is 0 Å². The number of amidine groups is 1. The molecule has 0 aliphatic carbocycles. The van der Waals surface area contributed by atoms with E-state index >= 15 is 0 Å². The summed E-state index contributed by atoms with van der Waals surface area (Å²) < 4.78 is 21.8. The summed E-state index contributed by atoms with van der Waals surface area (Å²) in [7, 11) is -3.73. The van der Waals surface area contributed by atoms with E-state index in [4.69, 9.17) is 5.14 Å². The second-order valence-corrected chi connectivity index (χ2v) is 4.17. The van der Waals surface area contributed by atoms with Crippen molar-refractivity contribution >= 4 is 15.2 Å². The lowest BCUT2D eigenvalue weighted by atomic mass is 10.3.